The number of aromatic nitrogens is 2. The third kappa shape index (κ3) is 2.97. The first-order valence-electron chi connectivity index (χ1n) is 5.33. The normalized spacial score (nSPS) is 10.7. The Morgan fingerprint density at radius 3 is 2.65 bits per heavy atom. The van der Waals surface area contributed by atoms with Crippen molar-refractivity contribution in [1.29, 1.82) is 0 Å². The lowest BCUT2D eigenvalue weighted by atomic mass is 10.1. The van der Waals surface area contributed by atoms with Gasteiger partial charge < -0.3 is 14.7 Å². The fourth-order valence-corrected chi connectivity index (χ4v) is 2.09. The number of hydrogen-bond donors (Lipinski definition) is 2. The van der Waals surface area contributed by atoms with Crippen molar-refractivity contribution in [3.05, 3.63) is 51.5 Å². The highest BCUT2D eigenvalue weighted by Gasteiger charge is 2.02. The number of rotatable bonds is 4. The second-order valence-corrected chi connectivity index (χ2v) is 4.59. The summed E-state index contributed by atoms with van der Waals surface area (Å²) >= 11 is 11.0. The summed E-state index contributed by atoms with van der Waals surface area (Å²) in [4.78, 5) is 2.93. The van der Waals surface area contributed by atoms with Crippen LogP contribution in [0.1, 0.15) is 11.3 Å². The minimum Gasteiger partial charge on any atom is -0.390 e. The van der Waals surface area contributed by atoms with Crippen LogP contribution in [-0.4, -0.2) is 14.7 Å². The SMILES string of the molecule is OCc1c[nH]c(=S)n1CCc1ccc(Cl)cc1. The molecule has 2 rings (SSSR count). The van der Waals surface area contributed by atoms with Crippen LogP contribution < -0.4 is 0 Å². The molecule has 0 fully saturated rings. The second-order valence-electron chi connectivity index (χ2n) is 3.77. The van der Waals surface area contributed by atoms with E-state index < -0.39 is 0 Å². The van der Waals surface area contributed by atoms with Gasteiger partial charge in [0.2, 0.25) is 0 Å². The molecule has 1 aromatic carbocycles. The molecule has 3 nitrogen and oxygen atoms in total. The molecule has 0 saturated carbocycles. The summed E-state index contributed by atoms with van der Waals surface area (Å²) in [5.74, 6) is 0. The van der Waals surface area contributed by atoms with Gasteiger partial charge in [0.15, 0.2) is 4.77 Å². The van der Waals surface area contributed by atoms with Crippen molar-refractivity contribution >= 4 is 23.8 Å². The number of H-pyrrole nitrogens is 1. The Morgan fingerprint density at radius 1 is 1.29 bits per heavy atom. The summed E-state index contributed by atoms with van der Waals surface area (Å²) in [6, 6.07) is 7.74. The molecule has 0 unspecified atom stereocenters. The zero-order chi connectivity index (χ0) is 12.3. The highest BCUT2D eigenvalue weighted by Crippen LogP contribution is 2.11. The van der Waals surface area contributed by atoms with E-state index in [9.17, 15) is 0 Å². The Bertz CT molecular complexity index is 544. The van der Waals surface area contributed by atoms with E-state index in [0.29, 0.717) is 4.77 Å². The largest absolute Gasteiger partial charge is 0.390 e. The maximum Gasteiger partial charge on any atom is 0.177 e. The Morgan fingerprint density at radius 2 is 2.00 bits per heavy atom. The van der Waals surface area contributed by atoms with Gasteiger partial charge >= 0.3 is 0 Å². The third-order valence-electron chi connectivity index (χ3n) is 2.65. The molecule has 0 radical (unpaired) electrons. The molecule has 1 aromatic heterocycles. The van der Waals surface area contributed by atoms with Crippen molar-refractivity contribution < 1.29 is 5.11 Å². The summed E-state index contributed by atoms with van der Waals surface area (Å²) in [5, 5.41) is 9.90. The summed E-state index contributed by atoms with van der Waals surface area (Å²) in [6.07, 6.45) is 2.60. The molecule has 2 N–H and O–H groups in total. The molecule has 17 heavy (non-hydrogen) atoms. The third-order valence-corrected chi connectivity index (χ3v) is 3.24. The molecule has 90 valence electrons. The van der Waals surface area contributed by atoms with Crippen molar-refractivity contribution in [2.45, 2.75) is 19.6 Å². The van der Waals surface area contributed by atoms with Gasteiger partial charge in [-0.1, -0.05) is 23.7 Å². The predicted molar refractivity (Wildman–Crippen MR) is 70.7 cm³/mol. The van der Waals surface area contributed by atoms with Crippen LogP contribution in [0.5, 0.6) is 0 Å². The van der Waals surface area contributed by atoms with Crippen LogP contribution in [0.3, 0.4) is 0 Å². The van der Waals surface area contributed by atoms with Crippen molar-refractivity contribution in [1.82, 2.24) is 9.55 Å². The number of aliphatic hydroxyl groups is 1. The van der Waals surface area contributed by atoms with E-state index in [1.54, 1.807) is 6.20 Å². The first-order chi connectivity index (χ1) is 8.20. The van der Waals surface area contributed by atoms with E-state index in [0.717, 1.165) is 23.7 Å². The first kappa shape index (κ1) is 12.4. The number of aryl methyl sites for hydroxylation is 1. The smallest absolute Gasteiger partial charge is 0.177 e. The summed E-state index contributed by atoms with van der Waals surface area (Å²) in [6.45, 7) is 0.744. The fraction of sp³-hybridized carbons (Fsp3) is 0.250. The number of nitrogens with one attached hydrogen (secondary N) is 1. The molecule has 0 atom stereocenters. The van der Waals surface area contributed by atoms with Crippen LogP contribution in [0.2, 0.25) is 5.02 Å². The van der Waals surface area contributed by atoms with Gasteiger partial charge in [-0.25, -0.2) is 0 Å². The van der Waals surface area contributed by atoms with Crippen LogP contribution >= 0.6 is 23.8 Å². The molecule has 0 aliphatic rings. The molecule has 1 heterocycles. The number of aliphatic hydroxyl groups excluding tert-OH is 1. The lowest BCUT2D eigenvalue weighted by molar-refractivity contribution is 0.270. The highest BCUT2D eigenvalue weighted by molar-refractivity contribution is 7.71. The zero-order valence-corrected chi connectivity index (χ0v) is 10.8. The second kappa shape index (κ2) is 5.49. The molecule has 0 bridgehead atoms. The van der Waals surface area contributed by atoms with Crippen molar-refractivity contribution in [2.75, 3.05) is 0 Å². The lowest BCUT2D eigenvalue weighted by Gasteiger charge is -2.06. The predicted octanol–water partition coefficient (Wildman–Crippen LogP) is 2.93. The number of nitrogens with zero attached hydrogens (tertiary/aromatic N) is 1. The lowest BCUT2D eigenvalue weighted by Crippen LogP contribution is -2.05. The van der Waals surface area contributed by atoms with Gasteiger partial charge in [0.05, 0.1) is 12.3 Å². The molecule has 5 heteroatoms. The van der Waals surface area contributed by atoms with Crippen molar-refractivity contribution in [3.8, 4) is 0 Å². The van der Waals surface area contributed by atoms with Crippen molar-refractivity contribution in [3.63, 3.8) is 0 Å². The van der Waals surface area contributed by atoms with Crippen molar-refractivity contribution in [2.24, 2.45) is 0 Å². The Kier molecular flexibility index (Phi) is 3.99. The standard InChI is InChI=1S/C12H13ClN2OS/c13-10-3-1-9(2-4-10)5-6-15-11(8-16)7-14-12(15)17/h1-4,7,16H,5-6,8H2,(H,14,17). The summed E-state index contributed by atoms with van der Waals surface area (Å²) in [5.41, 5.74) is 2.00. The minimum absolute atomic E-state index is 0.00619. The van der Waals surface area contributed by atoms with E-state index in [1.165, 1.54) is 5.56 Å². The molecule has 0 saturated heterocycles. The van der Waals surface area contributed by atoms with Crippen LogP contribution in [0.15, 0.2) is 30.5 Å². The fourth-order valence-electron chi connectivity index (χ4n) is 1.70. The molecule has 0 aliphatic heterocycles. The maximum absolute atomic E-state index is 9.16. The maximum atomic E-state index is 9.16. The summed E-state index contributed by atoms with van der Waals surface area (Å²) < 4.78 is 2.55. The minimum atomic E-state index is -0.00619. The molecular weight excluding hydrogens is 256 g/mol. The monoisotopic (exact) mass is 268 g/mol. The van der Waals surface area contributed by atoms with E-state index >= 15 is 0 Å². The number of aromatic amines is 1. The molecule has 2 aromatic rings. The van der Waals surface area contributed by atoms with E-state index in [2.05, 4.69) is 4.98 Å². The van der Waals surface area contributed by atoms with E-state index in [4.69, 9.17) is 28.9 Å². The van der Waals surface area contributed by atoms with Gasteiger partial charge in [0.25, 0.3) is 0 Å². The average Bonchev–Trinajstić information content (AvgIpc) is 2.69. The first-order valence-corrected chi connectivity index (χ1v) is 6.11. The van der Waals surface area contributed by atoms with Gasteiger partial charge in [-0.2, -0.15) is 0 Å². The van der Waals surface area contributed by atoms with Crippen LogP contribution in [-0.2, 0) is 19.6 Å². The number of hydrogen-bond acceptors (Lipinski definition) is 2. The van der Waals surface area contributed by atoms with Gasteiger partial charge in [0, 0.05) is 17.8 Å². The van der Waals surface area contributed by atoms with Crippen LogP contribution in [0.25, 0.3) is 0 Å². The zero-order valence-electron chi connectivity index (χ0n) is 9.19. The molecule has 0 amide bonds. The molecular formula is C12H13ClN2OS. The van der Waals surface area contributed by atoms with Gasteiger partial charge in [0.1, 0.15) is 0 Å². The Balaban J connectivity index is 2.09. The highest BCUT2D eigenvalue weighted by atomic mass is 35.5. The average molecular weight is 269 g/mol. The Labute approximate surface area is 110 Å². The topological polar surface area (TPSA) is 40.9 Å². The van der Waals surface area contributed by atoms with Gasteiger partial charge in [-0.3, -0.25) is 0 Å². The molecule has 0 aliphatic carbocycles. The quantitative estimate of drug-likeness (QED) is 0.837. The number of benzene rings is 1. The van der Waals surface area contributed by atoms with Crippen LogP contribution in [0, 0.1) is 4.77 Å². The number of imidazole rings is 1. The van der Waals surface area contributed by atoms with E-state index in [1.807, 2.05) is 28.8 Å². The van der Waals surface area contributed by atoms with E-state index in [-0.39, 0.29) is 6.61 Å². The number of halogens is 1. The molecule has 0 spiro atoms. The summed E-state index contributed by atoms with van der Waals surface area (Å²) in [7, 11) is 0. The van der Waals surface area contributed by atoms with Gasteiger partial charge in [-0.15, -0.1) is 0 Å². The Hall–Kier alpha value is -1.10. The van der Waals surface area contributed by atoms with Gasteiger partial charge in [-0.05, 0) is 36.3 Å². The van der Waals surface area contributed by atoms with Crippen LogP contribution in [0.4, 0.5) is 0 Å².